The number of nitrogens with one attached hydrogen (secondary N) is 2. The number of sulfonamides is 1. The number of hydrogen-bond acceptors (Lipinski definition) is 5. The number of halogens is 3. The molecular formula is C19H21F3N2O5S. The molecule has 0 aliphatic heterocycles. The van der Waals surface area contributed by atoms with Crippen LogP contribution in [0.3, 0.4) is 0 Å². The molecular weight excluding hydrogens is 425 g/mol. The molecule has 0 aromatic heterocycles. The van der Waals surface area contributed by atoms with Gasteiger partial charge in [-0.2, -0.15) is 0 Å². The van der Waals surface area contributed by atoms with Crippen LogP contribution < -0.4 is 14.8 Å². The van der Waals surface area contributed by atoms with E-state index in [-0.39, 0.29) is 35.9 Å². The minimum Gasteiger partial charge on any atom is -0.406 e. The first-order valence-corrected chi connectivity index (χ1v) is 10.2. The Morgan fingerprint density at radius 2 is 1.77 bits per heavy atom. The summed E-state index contributed by atoms with van der Waals surface area (Å²) in [7, 11) is -2.36. The Labute approximate surface area is 172 Å². The van der Waals surface area contributed by atoms with Gasteiger partial charge in [0.15, 0.2) is 0 Å². The maximum Gasteiger partial charge on any atom is 0.573 e. The van der Waals surface area contributed by atoms with E-state index in [1.165, 1.54) is 37.4 Å². The van der Waals surface area contributed by atoms with Gasteiger partial charge in [0.05, 0.1) is 11.5 Å². The lowest BCUT2D eigenvalue weighted by molar-refractivity contribution is -0.274. The number of benzene rings is 2. The third-order valence-corrected chi connectivity index (χ3v) is 5.43. The lowest BCUT2D eigenvalue weighted by atomic mass is 10.1. The molecule has 0 radical (unpaired) electrons. The Hall–Kier alpha value is -2.63. The molecule has 2 aromatic rings. The molecule has 164 valence electrons. The van der Waals surface area contributed by atoms with Crippen LogP contribution in [0.15, 0.2) is 47.4 Å². The number of hydrogen-bond donors (Lipinski definition) is 2. The molecule has 7 nitrogen and oxygen atoms in total. The second-order valence-corrected chi connectivity index (χ2v) is 8.01. The SMILES string of the molecule is COCCNS(=O)(=O)c1ccc(C)c(C(=O)NCc2ccc(OC(F)(F)F)cc2)c1. The fraction of sp³-hybridized carbons (Fsp3) is 0.316. The maximum atomic E-state index is 12.5. The molecule has 0 saturated heterocycles. The highest BCUT2D eigenvalue weighted by atomic mass is 32.2. The fourth-order valence-electron chi connectivity index (χ4n) is 2.46. The van der Waals surface area contributed by atoms with Crippen LogP contribution in [-0.4, -0.2) is 40.9 Å². The van der Waals surface area contributed by atoms with Crippen LogP contribution in [0.1, 0.15) is 21.5 Å². The zero-order chi connectivity index (χ0) is 22.4. The average Bonchev–Trinajstić information content (AvgIpc) is 2.66. The van der Waals surface area contributed by atoms with Crippen LogP contribution in [0, 0.1) is 6.92 Å². The van der Waals surface area contributed by atoms with Crippen molar-refractivity contribution in [1.29, 1.82) is 0 Å². The van der Waals surface area contributed by atoms with Gasteiger partial charge in [0.1, 0.15) is 5.75 Å². The second-order valence-electron chi connectivity index (χ2n) is 6.24. The van der Waals surface area contributed by atoms with E-state index in [1.54, 1.807) is 6.92 Å². The summed E-state index contributed by atoms with van der Waals surface area (Å²) >= 11 is 0. The predicted molar refractivity (Wildman–Crippen MR) is 103 cm³/mol. The summed E-state index contributed by atoms with van der Waals surface area (Å²) in [6, 6.07) is 9.21. The van der Waals surface area contributed by atoms with Crippen LogP contribution in [-0.2, 0) is 21.3 Å². The van der Waals surface area contributed by atoms with E-state index in [0.717, 1.165) is 12.1 Å². The van der Waals surface area contributed by atoms with Gasteiger partial charge in [-0.3, -0.25) is 4.79 Å². The van der Waals surface area contributed by atoms with Crippen molar-refractivity contribution in [1.82, 2.24) is 10.0 Å². The summed E-state index contributed by atoms with van der Waals surface area (Å²) < 4.78 is 72.2. The molecule has 2 N–H and O–H groups in total. The van der Waals surface area contributed by atoms with Crippen molar-refractivity contribution in [3.05, 3.63) is 59.2 Å². The van der Waals surface area contributed by atoms with Crippen LogP contribution in [0.2, 0.25) is 0 Å². The van der Waals surface area contributed by atoms with E-state index in [4.69, 9.17) is 4.74 Å². The van der Waals surface area contributed by atoms with E-state index in [1.807, 2.05) is 0 Å². The molecule has 0 saturated carbocycles. The first-order valence-electron chi connectivity index (χ1n) is 8.74. The van der Waals surface area contributed by atoms with E-state index in [2.05, 4.69) is 14.8 Å². The van der Waals surface area contributed by atoms with Crippen LogP contribution in [0.4, 0.5) is 13.2 Å². The molecule has 0 atom stereocenters. The maximum absolute atomic E-state index is 12.5. The highest BCUT2D eigenvalue weighted by Gasteiger charge is 2.30. The van der Waals surface area contributed by atoms with E-state index < -0.39 is 22.3 Å². The predicted octanol–water partition coefficient (Wildman–Crippen LogP) is 2.75. The van der Waals surface area contributed by atoms with Crippen molar-refractivity contribution in [3.8, 4) is 5.75 Å². The monoisotopic (exact) mass is 446 g/mol. The third-order valence-electron chi connectivity index (χ3n) is 3.97. The molecule has 0 bridgehead atoms. The zero-order valence-electron chi connectivity index (χ0n) is 16.2. The Morgan fingerprint density at radius 1 is 1.10 bits per heavy atom. The summed E-state index contributed by atoms with van der Waals surface area (Å²) in [6.07, 6.45) is -4.78. The Morgan fingerprint density at radius 3 is 2.37 bits per heavy atom. The normalized spacial score (nSPS) is 11.9. The number of rotatable bonds is 9. The van der Waals surface area contributed by atoms with Gasteiger partial charge >= 0.3 is 6.36 Å². The van der Waals surface area contributed by atoms with Gasteiger partial charge in [-0.15, -0.1) is 13.2 Å². The highest BCUT2D eigenvalue weighted by Crippen LogP contribution is 2.23. The van der Waals surface area contributed by atoms with Gasteiger partial charge in [0, 0.05) is 25.8 Å². The van der Waals surface area contributed by atoms with Gasteiger partial charge in [0.25, 0.3) is 5.91 Å². The number of carbonyl (C=O) groups excluding carboxylic acids is 1. The minimum absolute atomic E-state index is 0.0354. The Bertz CT molecular complexity index is 977. The largest absolute Gasteiger partial charge is 0.573 e. The topological polar surface area (TPSA) is 93.7 Å². The molecule has 0 aliphatic carbocycles. The van der Waals surface area contributed by atoms with Gasteiger partial charge < -0.3 is 14.8 Å². The molecule has 30 heavy (non-hydrogen) atoms. The molecule has 0 unspecified atom stereocenters. The van der Waals surface area contributed by atoms with Crippen LogP contribution in [0.5, 0.6) is 5.75 Å². The van der Waals surface area contributed by atoms with Crippen LogP contribution in [0.25, 0.3) is 0 Å². The first-order chi connectivity index (χ1) is 14.0. The third kappa shape index (κ3) is 7.01. The van der Waals surface area contributed by atoms with E-state index in [0.29, 0.717) is 11.1 Å². The van der Waals surface area contributed by atoms with Crippen molar-refractivity contribution >= 4 is 15.9 Å². The van der Waals surface area contributed by atoms with Crippen LogP contribution >= 0.6 is 0 Å². The standard InChI is InChI=1S/C19H21F3N2O5S/c1-13-3-8-16(30(26,27)24-9-10-28-2)11-17(13)18(25)23-12-14-4-6-15(7-5-14)29-19(20,21)22/h3-8,11,24H,9-10,12H2,1-2H3,(H,23,25). The summed E-state index contributed by atoms with van der Waals surface area (Å²) in [6.45, 7) is 1.98. The molecule has 2 aromatic carbocycles. The molecule has 0 fully saturated rings. The molecule has 1 amide bonds. The summed E-state index contributed by atoms with van der Waals surface area (Å²) in [4.78, 5) is 12.4. The average molecular weight is 446 g/mol. The number of alkyl halides is 3. The molecule has 0 heterocycles. The van der Waals surface area contributed by atoms with Gasteiger partial charge in [0.2, 0.25) is 10.0 Å². The number of amides is 1. The fourth-order valence-corrected chi connectivity index (χ4v) is 3.50. The van der Waals surface area contributed by atoms with E-state index in [9.17, 15) is 26.4 Å². The highest BCUT2D eigenvalue weighted by molar-refractivity contribution is 7.89. The second kappa shape index (κ2) is 9.92. The van der Waals surface area contributed by atoms with Crippen molar-refractivity contribution in [2.24, 2.45) is 0 Å². The summed E-state index contributed by atoms with van der Waals surface area (Å²) in [5, 5.41) is 2.62. The number of ether oxygens (including phenoxy) is 2. The van der Waals surface area contributed by atoms with E-state index >= 15 is 0 Å². The van der Waals surface area contributed by atoms with Crippen molar-refractivity contribution in [2.45, 2.75) is 24.7 Å². The van der Waals surface area contributed by atoms with Crippen molar-refractivity contribution < 1.29 is 35.9 Å². The van der Waals surface area contributed by atoms with Crippen molar-refractivity contribution in [3.63, 3.8) is 0 Å². The lowest BCUT2D eigenvalue weighted by Gasteiger charge is -2.12. The molecule has 2 rings (SSSR count). The number of aryl methyl sites for hydroxylation is 1. The summed E-state index contributed by atoms with van der Waals surface area (Å²) in [5.74, 6) is -0.885. The first kappa shape index (κ1) is 23.6. The van der Waals surface area contributed by atoms with Gasteiger partial charge in [-0.25, -0.2) is 13.1 Å². The molecule has 11 heteroatoms. The molecule has 0 spiro atoms. The lowest BCUT2D eigenvalue weighted by Crippen LogP contribution is -2.28. The van der Waals surface area contributed by atoms with Gasteiger partial charge in [-0.1, -0.05) is 18.2 Å². The Balaban J connectivity index is 2.06. The zero-order valence-corrected chi connectivity index (χ0v) is 17.1. The molecule has 0 aliphatic rings. The number of carbonyl (C=O) groups is 1. The smallest absolute Gasteiger partial charge is 0.406 e. The van der Waals surface area contributed by atoms with Crippen molar-refractivity contribution in [2.75, 3.05) is 20.3 Å². The minimum atomic E-state index is -4.78. The quantitative estimate of drug-likeness (QED) is 0.578. The Kier molecular flexibility index (Phi) is 7.82. The summed E-state index contributed by atoms with van der Waals surface area (Å²) in [5.41, 5.74) is 1.28. The number of methoxy groups -OCH3 is 1. The van der Waals surface area contributed by atoms with Gasteiger partial charge in [-0.05, 0) is 42.3 Å².